The number of rotatable bonds is 2. The molecule has 0 aliphatic heterocycles. The molecule has 0 amide bonds. The Kier molecular flexibility index (Phi) is 2.46. The van der Waals surface area contributed by atoms with E-state index in [4.69, 9.17) is 10.2 Å². The second kappa shape index (κ2) is 3.77. The lowest BCUT2D eigenvalue weighted by Crippen LogP contribution is -1.91. The molecule has 0 aliphatic carbocycles. The Morgan fingerprint density at radius 1 is 1.33 bits per heavy atom. The second-order valence-electron chi connectivity index (χ2n) is 3.45. The number of oxazole rings is 1. The molecular formula is C12H14N2O. The van der Waals surface area contributed by atoms with E-state index >= 15 is 0 Å². The molecule has 2 aromatic rings. The maximum absolute atomic E-state index is 5.90. The molecule has 1 aromatic heterocycles. The van der Waals surface area contributed by atoms with Crippen LogP contribution in [0.4, 0.5) is 5.69 Å². The summed E-state index contributed by atoms with van der Waals surface area (Å²) in [5, 5.41) is 0. The molecule has 0 spiro atoms. The lowest BCUT2D eigenvalue weighted by Gasteiger charge is -2.02. The molecule has 2 N–H and O–H groups in total. The average molecular weight is 202 g/mol. The van der Waals surface area contributed by atoms with Crippen molar-refractivity contribution in [2.24, 2.45) is 0 Å². The van der Waals surface area contributed by atoms with Crippen molar-refractivity contribution >= 4 is 5.69 Å². The van der Waals surface area contributed by atoms with Gasteiger partial charge in [-0.2, -0.15) is 0 Å². The molecular weight excluding hydrogens is 188 g/mol. The van der Waals surface area contributed by atoms with Gasteiger partial charge in [0.2, 0.25) is 0 Å². The van der Waals surface area contributed by atoms with Crippen LogP contribution in [-0.2, 0) is 6.42 Å². The van der Waals surface area contributed by atoms with Crippen LogP contribution in [0.1, 0.15) is 18.6 Å². The van der Waals surface area contributed by atoms with Gasteiger partial charge in [-0.25, -0.2) is 4.98 Å². The summed E-state index contributed by atoms with van der Waals surface area (Å²) in [6.07, 6.45) is 0.824. The summed E-state index contributed by atoms with van der Waals surface area (Å²) >= 11 is 0. The van der Waals surface area contributed by atoms with Gasteiger partial charge in [-0.05, 0) is 6.07 Å². The lowest BCUT2D eigenvalue weighted by molar-refractivity contribution is 0.480. The summed E-state index contributed by atoms with van der Waals surface area (Å²) in [4.78, 5) is 4.37. The number of hydrogen-bond acceptors (Lipinski definition) is 3. The highest BCUT2D eigenvalue weighted by Crippen LogP contribution is 2.28. The fraction of sp³-hybridized carbons (Fsp3) is 0.250. The number of nitrogens with zero attached hydrogens (tertiary/aromatic N) is 1. The van der Waals surface area contributed by atoms with Crippen LogP contribution < -0.4 is 5.73 Å². The Labute approximate surface area is 88.9 Å². The van der Waals surface area contributed by atoms with Crippen molar-refractivity contribution in [3.63, 3.8) is 0 Å². The number of benzene rings is 1. The van der Waals surface area contributed by atoms with Crippen molar-refractivity contribution in [3.8, 4) is 11.3 Å². The van der Waals surface area contributed by atoms with Crippen LogP contribution in [-0.4, -0.2) is 4.98 Å². The first-order chi connectivity index (χ1) is 7.22. The molecule has 15 heavy (non-hydrogen) atoms. The zero-order valence-electron chi connectivity index (χ0n) is 8.95. The van der Waals surface area contributed by atoms with Gasteiger partial charge in [0.15, 0.2) is 5.89 Å². The van der Waals surface area contributed by atoms with Crippen LogP contribution >= 0.6 is 0 Å². The smallest absolute Gasteiger partial charge is 0.191 e. The molecule has 0 aliphatic rings. The van der Waals surface area contributed by atoms with Gasteiger partial charge in [0.25, 0.3) is 0 Å². The third-order valence-corrected chi connectivity index (χ3v) is 2.34. The Balaban J connectivity index is 2.58. The minimum atomic E-state index is 0.685. The molecule has 2 rings (SSSR count). The van der Waals surface area contributed by atoms with Crippen LogP contribution in [0, 0.1) is 6.92 Å². The average Bonchev–Trinajstić information content (AvgIpc) is 2.60. The topological polar surface area (TPSA) is 52.0 Å². The molecule has 0 unspecified atom stereocenters. The van der Waals surface area contributed by atoms with E-state index in [0.29, 0.717) is 5.89 Å². The Bertz CT molecular complexity index is 474. The number of hydrogen-bond donors (Lipinski definition) is 1. The number of nitrogen functional groups attached to an aromatic ring is 1. The van der Waals surface area contributed by atoms with Gasteiger partial charge < -0.3 is 10.2 Å². The van der Waals surface area contributed by atoms with Crippen molar-refractivity contribution in [1.29, 1.82) is 0 Å². The fourth-order valence-electron chi connectivity index (χ4n) is 1.63. The van der Waals surface area contributed by atoms with E-state index < -0.39 is 0 Å². The summed E-state index contributed by atoms with van der Waals surface area (Å²) in [7, 11) is 0. The first-order valence-corrected chi connectivity index (χ1v) is 5.03. The quantitative estimate of drug-likeness (QED) is 0.762. The molecule has 78 valence electrons. The normalized spacial score (nSPS) is 10.5. The molecule has 0 saturated heterocycles. The van der Waals surface area contributed by atoms with E-state index in [-0.39, 0.29) is 0 Å². The monoisotopic (exact) mass is 202 g/mol. The van der Waals surface area contributed by atoms with Gasteiger partial charge in [-0.3, -0.25) is 0 Å². The number of anilines is 1. The van der Waals surface area contributed by atoms with Gasteiger partial charge >= 0.3 is 0 Å². The lowest BCUT2D eigenvalue weighted by atomic mass is 10.1. The third-order valence-electron chi connectivity index (χ3n) is 2.34. The summed E-state index contributed by atoms with van der Waals surface area (Å²) in [5.74, 6) is 1.58. The zero-order valence-corrected chi connectivity index (χ0v) is 8.95. The van der Waals surface area contributed by atoms with E-state index in [2.05, 4.69) is 4.98 Å². The highest BCUT2D eigenvalue weighted by Gasteiger charge is 2.13. The largest absolute Gasteiger partial charge is 0.445 e. The van der Waals surface area contributed by atoms with Gasteiger partial charge in [0, 0.05) is 24.6 Å². The minimum Gasteiger partial charge on any atom is -0.445 e. The van der Waals surface area contributed by atoms with Crippen LogP contribution in [0.3, 0.4) is 0 Å². The summed E-state index contributed by atoms with van der Waals surface area (Å²) < 4.78 is 5.51. The van der Waals surface area contributed by atoms with E-state index in [1.54, 1.807) is 0 Å². The first-order valence-electron chi connectivity index (χ1n) is 5.03. The van der Waals surface area contributed by atoms with Gasteiger partial charge in [-0.1, -0.05) is 25.1 Å². The summed E-state index contributed by atoms with van der Waals surface area (Å²) in [6.45, 7) is 3.89. The number of nitrogens with two attached hydrogens (primary N) is 1. The fourth-order valence-corrected chi connectivity index (χ4v) is 1.63. The van der Waals surface area contributed by atoms with Crippen LogP contribution in [0.25, 0.3) is 11.3 Å². The standard InChI is InChI=1S/C12H14N2O/c1-3-11-12(14-8(2)15-11)9-6-4-5-7-10(9)13/h4-7H,3,13H2,1-2H3. The molecule has 0 bridgehead atoms. The number of para-hydroxylation sites is 1. The Morgan fingerprint density at radius 3 is 2.73 bits per heavy atom. The third kappa shape index (κ3) is 1.73. The second-order valence-corrected chi connectivity index (χ2v) is 3.45. The predicted octanol–water partition coefficient (Wildman–Crippen LogP) is 2.79. The predicted molar refractivity (Wildman–Crippen MR) is 60.5 cm³/mol. The van der Waals surface area contributed by atoms with E-state index in [1.165, 1.54) is 0 Å². The van der Waals surface area contributed by atoms with Gasteiger partial charge in [0.1, 0.15) is 11.5 Å². The Hall–Kier alpha value is -1.77. The maximum atomic E-state index is 5.90. The van der Waals surface area contributed by atoms with Crippen LogP contribution in [0.2, 0.25) is 0 Å². The van der Waals surface area contributed by atoms with Crippen molar-refractivity contribution in [2.45, 2.75) is 20.3 Å². The number of aryl methyl sites for hydroxylation is 2. The van der Waals surface area contributed by atoms with E-state index in [1.807, 2.05) is 38.1 Å². The highest BCUT2D eigenvalue weighted by molar-refractivity contribution is 5.74. The minimum absolute atomic E-state index is 0.685. The van der Waals surface area contributed by atoms with E-state index in [9.17, 15) is 0 Å². The van der Waals surface area contributed by atoms with Gasteiger partial charge in [-0.15, -0.1) is 0 Å². The maximum Gasteiger partial charge on any atom is 0.191 e. The molecule has 3 heteroatoms. The zero-order chi connectivity index (χ0) is 10.8. The number of aromatic nitrogens is 1. The summed E-state index contributed by atoms with van der Waals surface area (Å²) in [5.41, 5.74) is 8.46. The SMILES string of the molecule is CCc1oc(C)nc1-c1ccccc1N. The highest BCUT2D eigenvalue weighted by atomic mass is 16.4. The molecule has 0 fully saturated rings. The van der Waals surface area contributed by atoms with Crippen molar-refractivity contribution < 1.29 is 4.42 Å². The van der Waals surface area contributed by atoms with E-state index in [0.717, 1.165) is 29.1 Å². The van der Waals surface area contributed by atoms with Crippen LogP contribution in [0.15, 0.2) is 28.7 Å². The molecule has 1 heterocycles. The molecule has 1 aromatic carbocycles. The van der Waals surface area contributed by atoms with Crippen LogP contribution in [0.5, 0.6) is 0 Å². The van der Waals surface area contributed by atoms with Crippen molar-refractivity contribution in [3.05, 3.63) is 35.9 Å². The summed E-state index contributed by atoms with van der Waals surface area (Å²) in [6, 6.07) is 7.71. The molecule has 0 atom stereocenters. The van der Waals surface area contributed by atoms with Crippen molar-refractivity contribution in [2.75, 3.05) is 5.73 Å². The molecule has 0 saturated carbocycles. The van der Waals surface area contributed by atoms with Gasteiger partial charge in [0.05, 0.1) is 0 Å². The first kappa shape index (κ1) is 9.77. The Morgan fingerprint density at radius 2 is 2.07 bits per heavy atom. The molecule has 3 nitrogen and oxygen atoms in total. The van der Waals surface area contributed by atoms with Crippen molar-refractivity contribution in [1.82, 2.24) is 4.98 Å². The molecule has 0 radical (unpaired) electrons.